The molecule has 0 bridgehead atoms. The van der Waals surface area contributed by atoms with Crippen LogP contribution in [-0.4, -0.2) is 65.6 Å². The number of ether oxygens (including phenoxy) is 1. The van der Waals surface area contributed by atoms with E-state index in [0.717, 1.165) is 37.7 Å². The molecule has 1 saturated carbocycles. The second kappa shape index (κ2) is 13.4. The Balaban J connectivity index is 1.63. The number of rotatable bonds is 8. The summed E-state index contributed by atoms with van der Waals surface area (Å²) < 4.78 is 6.64. The molecule has 3 atom stereocenters. The topological polar surface area (TPSA) is 82.1 Å². The number of carbonyl (C=O) groups excluding carboxylic acids is 2. The molecule has 4 rings (SSSR count). The Kier molecular flexibility index (Phi) is 10.2. The van der Waals surface area contributed by atoms with Crippen LogP contribution in [0.25, 0.3) is 0 Å². The Hall–Kier alpha value is -2.32. The van der Waals surface area contributed by atoms with E-state index in [1.807, 2.05) is 26.1 Å². The maximum absolute atomic E-state index is 13.7. The van der Waals surface area contributed by atoms with Crippen LogP contribution in [0.3, 0.4) is 0 Å². The fraction of sp³-hybridized carbons (Fsp3) is 0.533. The maximum Gasteiger partial charge on any atom is 0.258 e. The van der Waals surface area contributed by atoms with Crippen LogP contribution in [0, 0.1) is 11.8 Å². The van der Waals surface area contributed by atoms with Gasteiger partial charge in [0.2, 0.25) is 5.91 Å². The average Bonchev–Trinajstić information content (AvgIpc) is 2.93. The number of anilines is 1. The van der Waals surface area contributed by atoms with E-state index in [9.17, 15) is 14.7 Å². The zero-order valence-corrected chi connectivity index (χ0v) is 24.5. The number of aliphatic hydroxyl groups is 1. The van der Waals surface area contributed by atoms with Crippen molar-refractivity contribution in [3.8, 4) is 5.75 Å². The number of para-hydroxylation sites is 1. The van der Waals surface area contributed by atoms with Crippen LogP contribution in [0.2, 0.25) is 10.0 Å². The molecule has 9 heteroatoms. The highest BCUT2D eigenvalue weighted by molar-refractivity contribution is 6.42. The molecule has 2 aromatic rings. The Labute approximate surface area is 241 Å². The van der Waals surface area contributed by atoms with Crippen molar-refractivity contribution in [2.24, 2.45) is 11.8 Å². The van der Waals surface area contributed by atoms with Gasteiger partial charge in [0.25, 0.3) is 5.91 Å². The molecule has 2 aliphatic rings. The number of hydrogen-bond acceptors (Lipinski definition) is 5. The van der Waals surface area contributed by atoms with Crippen LogP contribution in [0.5, 0.6) is 5.75 Å². The molecular formula is C30H39Cl2N3O4. The van der Waals surface area contributed by atoms with Crippen LogP contribution in [0.1, 0.15) is 61.9 Å². The molecule has 39 heavy (non-hydrogen) atoms. The zero-order chi connectivity index (χ0) is 28.1. The molecule has 2 aromatic carbocycles. The van der Waals surface area contributed by atoms with Gasteiger partial charge in [-0.3, -0.25) is 14.5 Å². The van der Waals surface area contributed by atoms with E-state index in [2.05, 4.69) is 17.1 Å². The van der Waals surface area contributed by atoms with Crippen molar-refractivity contribution >= 4 is 40.7 Å². The third-order valence-corrected chi connectivity index (χ3v) is 8.59. The minimum Gasteiger partial charge on any atom is -0.486 e. The van der Waals surface area contributed by atoms with Crippen LogP contribution in [0.4, 0.5) is 5.69 Å². The van der Waals surface area contributed by atoms with Crippen LogP contribution >= 0.6 is 23.2 Å². The number of fused-ring (bicyclic) bond motifs is 1. The summed E-state index contributed by atoms with van der Waals surface area (Å²) in [6.07, 6.45) is 4.74. The minimum absolute atomic E-state index is 0.0249. The van der Waals surface area contributed by atoms with Gasteiger partial charge in [-0.1, -0.05) is 61.5 Å². The highest BCUT2D eigenvalue weighted by Gasteiger charge is 2.35. The average molecular weight is 577 g/mol. The first-order valence-corrected chi connectivity index (χ1v) is 14.6. The van der Waals surface area contributed by atoms with Crippen molar-refractivity contribution in [3.63, 3.8) is 0 Å². The summed E-state index contributed by atoms with van der Waals surface area (Å²) in [6, 6.07) is 10.5. The van der Waals surface area contributed by atoms with Crippen LogP contribution < -0.4 is 10.1 Å². The van der Waals surface area contributed by atoms with Gasteiger partial charge >= 0.3 is 0 Å². The molecular weight excluding hydrogens is 537 g/mol. The van der Waals surface area contributed by atoms with E-state index in [-0.39, 0.29) is 42.4 Å². The van der Waals surface area contributed by atoms with Crippen molar-refractivity contribution in [2.75, 3.05) is 32.1 Å². The summed E-state index contributed by atoms with van der Waals surface area (Å²) in [5.74, 6) is 0.0745. The first kappa shape index (κ1) is 29.7. The van der Waals surface area contributed by atoms with Crippen molar-refractivity contribution in [2.45, 2.75) is 64.6 Å². The van der Waals surface area contributed by atoms with E-state index < -0.39 is 0 Å². The molecule has 1 aliphatic heterocycles. The lowest BCUT2D eigenvalue weighted by Gasteiger charge is -2.38. The lowest BCUT2D eigenvalue weighted by atomic mass is 9.88. The van der Waals surface area contributed by atoms with Crippen LogP contribution in [0.15, 0.2) is 36.4 Å². The second-order valence-corrected chi connectivity index (χ2v) is 11.9. The molecule has 1 aliphatic carbocycles. The number of carbonyl (C=O) groups is 2. The van der Waals surface area contributed by atoms with Crippen molar-refractivity contribution in [1.29, 1.82) is 0 Å². The van der Waals surface area contributed by atoms with E-state index in [1.165, 1.54) is 0 Å². The number of aliphatic hydroxyl groups excluding tert-OH is 1. The Morgan fingerprint density at radius 1 is 1.18 bits per heavy atom. The van der Waals surface area contributed by atoms with E-state index in [1.54, 1.807) is 29.2 Å². The van der Waals surface area contributed by atoms with Gasteiger partial charge in [-0.05, 0) is 56.6 Å². The van der Waals surface area contributed by atoms with Crippen molar-refractivity contribution < 1.29 is 19.4 Å². The van der Waals surface area contributed by atoms with Gasteiger partial charge in [0, 0.05) is 31.5 Å². The normalized spacial score (nSPS) is 21.1. The third kappa shape index (κ3) is 7.26. The first-order chi connectivity index (χ1) is 18.7. The lowest BCUT2D eigenvalue weighted by Crippen LogP contribution is -2.49. The highest BCUT2D eigenvalue weighted by atomic mass is 35.5. The van der Waals surface area contributed by atoms with Crippen molar-refractivity contribution in [1.82, 2.24) is 9.80 Å². The monoisotopic (exact) mass is 575 g/mol. The summed E-state index contributed by atoms with van der Waals surface area (Å²) >= 11 is 12.3. The number of likely N-dealkylation sites (N-methyl/N-ethyl adjacent to an activating group) is 1. The predicted molar refractivity (Wildman–Crippen MR) is 156 cm³/mol. The molecule has 1 fully saturated rings. The number of amides is 2. The predicted octanol–water partition coefficient (Wildman–Crippen LogP) is 5.86. The van der Waals surface area contributed by atoms with Crippen molar-refractivity contribution in [3.05, 3.63) is 57.6 Å². The number of nitrogens with one attached hydrogen (secondary N) is 1. The summed E-state index contributed by atoms with van der Waals surface area (Å²) in [6.45, 7) is 5.38. The molecule has 212 valence electrons. The number of halogens is 2. The molecule has 7 nitrogen and oxygen atoms in total. The smallest absolute Gasteiger partial charge is 0.258 e. The lowest BCUT2D eigenvalue weighted by molar-refractivity contribution is -0.120. The molecule has 2 amide bonds. The number of nitrogens with zero attached hydrogens (tertiary/aromatic N) is 2. The molecule has 0 aromatic heterocycles. The summed E-state index contributed by atoms with van der Waals surface area (Å²) in [7, 11) is 2.01. The Morgan fingerprint density at radius 2 is 1.92 bits per heavy atom. The fourth-order valence-corrected chi connectivity index (χ4v) is 5.80. The standard InChI is InChI=1S/C30H39Cl2N3O4/c1-19-15-35(20(2)18-36)30(38)23-10-7-11-26(33-29(37)22-8-5-4-6-9-22)28(23)39-27(19)17-34(3)16-21-12-13-24(31)25(32)14-21/h7,10-14,19-20,22,27,36H,4-6,8-9,15-18H2,1-3H3,(H,33,37)/t19-,20+,27+/m0/s1. The SMILES string of the molecule is C[C@H](CO)N1C[C@H](C)[C@@H](CN(C)Cc2ccc(Cl)c(Cl)c2)Oc2c(NC(=O)C3CCCCC3)cccc2C1=O. The fourth-order valence-electron chi connectivity index (χ4n) is 5.48. The van der Waals surface area contributed by atoms with Gasteiger partial charge in [0.15, 0.2) is 5.75 Å². The van der Waals surface area contributed by atoms with Gasteiger partial charge in [0.05, 0.1) is 33.9 Å². The largest absolute Gasteiger partial charge is 0.486 e. The molecule has 0 radical (unpaired) electrons. The van der Waals surface area contributed by atoms with E-state index >= 15 is 0 Å². The minimum atomic E-state index is -0.360. The van der Waals surface area contributed by atoms with Gasteiger partial charge in [-0.15, -0.1) is 0 Å². The van der Waals surface area contributed by atoms with Crippen LogP contribution in [-0.2, 0) is 11.3 Å². The maximum atomic E-state index is 13.7. The quantitative estimate of drug-likeness (QED) is 0.411. The number of benzene rings is 2. The Morgan fingerprint density at radius 3 is 2.62 bits per heavy atom. The second-order valence-electron chi connectivity index (χ2n) is 11.1. The third-order valence-electron chi connectivity index (χ3n) is 7.85. The van der Waals surface area contributed by atoms with Gasteiger partial charge < -0.3 is 20.1 Å². The van der Waals surface area contributed by atoms with E-state index in [4.69, 9.17) is 27.9 Å². The molecule has 1 heterocycles. The summed E-state index contributed by atoms with van der Waals surface area (Å²) in [5.41, 5.74) is 1.93. The van der Waals surface area contributed by atoms with E-state index in [0.29, 0.717) is 46.7 Å². The Bertz CT molecular complexity index is 1170. The zero-order valence-electron chi connectivity index (χ0n) is 23.0. The molecule has 0 spiro atoms. The summed E-state index contributed by atoms with van der Waals surface area (Å²) in [5, 5.41) is 14.0. The molecule has 0 saturated heterocycles. The number of hydrogen-bond donors (Lipinski definition) is 2. The van der Waals surface area contributed by atoms with Gasteiger partial charge in [0.1, 0.15) is 6.10 Å². The highest BCUT2D eigenvalue weighted by Crippen LogP contribution is 2.36. The van der Waals surface area contributed by atoms with Gasteiger partial charge in [-0.25, -0.2) is 0 Å². The first-order valence-electron chi connectivity index (χ1n) is 13.8. The van der Waals surface area contributed by atoms with Gasteiger partial charge in [-0.2, -0.15) is 0 Å². The molecule has 0 unspecified atom stereocenters. The summed E-state index contributed by atoms with van der Waals surface area (Å²) in [4.78, 5) is 30.7. The molecule has 2 N–H and O–H groups in total.